The minimum atomic E-state index is -1.26. The van der Waals surface area contributed by atoms with Crippen molar-refractivity contribution in [3.8, 4) is 0 Å². The number of nitrogens with two attached hydrogens (primary N) is 2. The van der Waals surface area contributed by atoms with E-state index in [4.69, 9.17) is 11.5 Å². The van der Waals surface area contributed by atoms with Gasteiger partial charge in [-0.1, -0.05) is 0 Å². The number of carbonyl (C=O) groups excluding carboxylic acids is 2. The summed E-state index contributed by atoms with van der Waals surface area (Å²) in [4.78, 5) is 33.3. The Labute approximate surface area is 161 Å². The first-order valence-corrected chi connectivity index (χ1v) is 6.28. The second-order valence-corrected chi connectivity index (χ2v) is 4.38. The van der Waals surface area contributed by atoms with Gasteiger partial charge in [0.1, 0.15) is 0 Å². The number of hydrogen-bond acceptors (Lipinski definition) is 8. The molecular formula is C12H16CaN6O4. The summed E-state index contributed by atoms with van der Waals surface area (Å²) < 4.78 is 0. The molecule has 0 bridgehead atoms. The summed E-state index contributed by atoms with van der Waals surface area (Å²) in [6, 6.07) is -1.95. The van der Waals surface area contributed by atoms with Crippen LogP contribution in [0.4, 0.5) is 0 Å². The standard InChI is InChI=1S/2C6H9N3O2.Ca/c2*7-5(6(10)11)1-4-2-8-3-9-4;/h2*2-3,5H,1,7H2,(H,8,9)(H,10,11);/q;;+2/p-2. The third-order valence-electron chi connectivity index (χ3n) is 2.57. The number of aliphatic carboxylic acids is 2. The topological polar surface area (TPSA) is 190 Å². The molecule has 0 aliphatic carbocycles. The van der Waals surface area contributed by atoms with Crippen LogP contribution in [0.15, 0.2) is 25.0 Å². The minimum Gasteiger partial charge on any atom is -0.548 e. The summed E-state index contributed by atoms with van der Waals surface area (Å²) in [5.74, 6) is -2.51. The molecule has 0 saturated heterocycles. The van der Waals surface area contributed by atoms with Crippen molar-refractivity contribution in [3.63, 3.8) is 0 Å². The van der Waals surface area contributed by atoms with E-state index in [1.54, 1.807) is 12.4 Å². The molecule has 10 nitrogen and oxygen atoms in total. The van der Waals surface area contributed by atoms with Gasteiger partial charge < -0.3 is 41.2 Å². The summed E-state index contributed by atoms with van der Waals surface area (Å²) in [5.41, 5.74) is 11.6. The Morgan fingerprint density at radius 2 is 1.30 bits per heavy atom. The van der Waals surface area contributed by atoms with E-state index in [-0.39, 0.29) is 50.6 Å². The molecule has 2 unspecified atom stereocenters. The number of H-pyrrole nitrogens is 2. The van der Waals surface area contributed by atoms with Crippen LogP contribution in [0.25, 0.3) is 0 Å². The Morgan fingerprint density at radius 1 is 0.957 bits per heavy atom. The molecular weight excluding hydrogens is 332 g/mol. The van der Waals surface area contributed by atoms with E-state index in [2.05, 4.69) is 19.9 Å². The predicted octanol–water partition coefficient (Wildman–Crippen LogP) is -4.32. The summed E-state index contributed by atoms with van der Waals surface area (Å²) in [5, 5.41) is 20.3. The maximum absolute atomic E-state index is 10.2. The minimum absolute atomic E-state index is 0. The van der Waals surface area contributed by atoms with Gasteiger partial charge >= 0.3 is 37.7 Å². The SMILES string of the molecule is NC(Cc1c[nH]cn1)C(=O)[O-].NC(Cc1c[nH]cn1)C(=O)[O-].[Ca+2]. The van der Waals surface area contributed by atoms with E-state index in [0.717, 1.165) is 0 Å². The fourth-order valence-electron chi connectivity index (χ4n) is 1.42. The van der Waals surface area contributed by atoms with Crippen LogP contribution in [0.1, 0.15) is 11.4 Å². The van der Waals surface area contributed by atoms with Crippen molar-refractivity contribution in [2.45, 2.75) is 24.9 Å². The first-order chi connectivity index (χ1) is 10.4. The maximum atomic E-state index is 10.2. The van der Waals surface area contributed by atoms with Gasteiger partial charge in [-0.15, -0.1) is 0 Å². The Morgan fingerprint density at radius 3 is 1.52 bits per heavy atom. The number of aromatic nitrogens is 4. The van der Waals surface area contributed by atoms with Crippen molar-refractivity contribution >= 4 is 49.7 Å². The third kappa shape index (κ3) is 8.67. The average Bonchev–Trinajstić information content (AvgIpc) is 3.12. The van der Waals surface area contributed by atoms with Crippen LogP contribution >= 0.6 is 0 Å². The third-order valence-corrected chi connectivity index (χ3v) is 2.57. The number of rotatable bonds is 6. The molecule has 0 radical (unpaired) electrons. The zero-order valence-corrected chi connectivity index (χ0v) is 14.5. The molecule has 0 aromatic carbocycles. The van der Waals surface area contributed by atoms with Crippen molar-refractivity contribution in [3.05, 3.63) is 36.4 Å². The van der Waals surface area contributed by atoms with E-state index in [0.29, 0.717) is 11.4 Å². The van der Waals surface area contributed by atoms with Gasteiger partial charge in [0.2, 0.25) is 0 Å². The molecule has 2 aromatic rings. The van der Waals surface area contributed by atoms with Gasteiger partial charge in [0.15, 0.2) is 0 Å². The van der Waals surface area contributed by atoms with Crippen LogP contribution < -0.4 is 21.7 Å². The number of nitrogens with one attached hydrogen (secondary N) is 2. The van der Waals surface area contributed by atoms with E-state index in [1.165, 1.54) is 12.7 Å². The second kappa shape index (κ2) is 11.1. The van der Waals surface area contributed by atoms with E-state index in [9.17, 15) is 19.8 Å². The molecule has 120 valence electrons. The molecule has 0 aliphatic heterocycles. The van der Waals surface area contributed by atoms with Crippen LogP contribution in [0.5, 0.6) is 0 Å². The Hall–Kier alpha value is -1.46. The number of hydrogen-bond donors (Lipinski definition) is 4. The second-order valence-electron chi connectivity index (χ2n) is 4.38. The van der Waals surface area contributed by atoms with Crippen molar-refractivity contribution in [1.29, 1.82) is 0 Å². The molecule has 2 atom stereocenters. The molecule has 11 heteroatoms. The number of aromatic amines is 2. The number of imidazole rings is 2. The van der Waals surface area contributed by atoms with Crippen LogP contribution in [-0.4, -0.2) is 81.7 Å². The number of nitrogens with zero attached hydrogens (tertiary/aromatic N) is 2. The Balaban J connectivity index is 0.000000403. The normalized spacial score (nSPS) is 12.3. The molecule has 2 aromatic heterocycles. The zero-order valence-electron chi connectivity index (χ0n) is 12.3. The molecule has 0 aliphatic rings. The van der Waals surface area contributed by atoms with Crippen molar-refractivity contribution in [2.24, 2.45) is 11.5 Å². The summed E-state index contributed by atoms with van der Waals surface area (Å²) >= 11 is 0. The fourth-order valence-corrected chi connectivity index (χ4v) is 1.42. The Bertz CT molecular complexity index is 522. The molecule has 0 saturated carbocycles. The van der Waals surface area contributed by atoms with E-state index >= 15 is 0 Å². The van der Waals surface area contributed by atoms with Crippen molar-refractivity contribution < 1.29 is 19.8 Å². The molecule has 2 rings (SSSR count). The molecule has 0 spiro atoms. The van der Waals surface area contributed by atoms with Gasteiger partial charge in [-0.3, -0.25) is 0 Å². The van der Waals surface area contributed by atoms with Crippen LogP contribution in [-0.2, 0) is 22.4 Å². The van der Waals surface area contributed by atoms with Crippen molar-refractivity contribution in [1.82, 2.24) is 19.9 Å². The predicted molar refractivity (Wildman–Crippen MR) is 76.3 cm³/mol. The van der Waals surface area contributed by atoms with E-state index in [1.807, 2.05) is 0 Å². The first kappa shape index (κ1) is 21.5. The quantitative estimate of drug-likeness (QED) is 0.377. The molecule has 23 heavy (non-hydrogen) atoms. The maximum Gasteiger partial charge on any atom is 2.00 e. The van der Waals surface area contributed by atoms with Gasteiger partial charge in [0, 0.05) is 37.3 Å². The monoisotopic (exact) mass is 348 g/mol. The van der Waals surface area contributed by atoms with Gasteiger partial charge in [-0.05, 0) is 0 Å². The fraction of sp³-hybridized carbons (Fsp3) is 0.333. The summed E-state index contributed by atoms with van der Waals surface area (Å²) in [7, 11) is 0. The van der Waals surface area contributed by atoms with Crippen LogP contribution in [0, 0.1) is 0 Å². The van der Waals surface area contributed by atoms with E-state index < -0.39 is 24.0 Å². The summed E-state index contributed by atoms with van der Waals surface area (Å²) in [6.45, 7) is 0. The van der Waals surface area contributed by atoms with Crippen LogP contribution in [0.2, 0.25) is 0 Å². The van der Waals surface area contributed by atoms with Gasteiger partial charge in [-0.2, -0.15) is 0 Å². The largest absolute Gasteiger partial charge is 2.00 e. The first-order valence-electron chi connectivity index (χ1n) is 6.28. The summed E-state index contributed by atoms with van der Waals surface area (Å²) in [6.07, 6.45) is 6.54. The molecule has 0 fully saturated rings. The van der Waals surface area contributed by atoms with Gasteiger partial charge in [0.05, 0.1) is 36.0 Å². The zero-order chi connectivity index (χ0) is 16.5. The van der Waals surface area contributed by atoms with Crippen molar-refractivity contribution in [2.75, 3.05) is 0 Å². The number of carboxylic acid groups (broad SMARTS) is 2. The molecule has 6 N–H and O–H groups in total. The van der Waals surface area contributed by atoms with Gasteiger partial charge in [-0.25, -0.2) is 9.97 Å². The molecule has 0 amide bonds. The molecule has 2 heterocycles. The Kier molecular flexibility index (Phi) is 10.4. The average molecular weight is 348 g/mol. The number of carboxylic acids is 2. The smallest absolute Gasteiger partial charge is 0.548 e. The number of carbonyl (C=O) groups is 2. The van der Waals surface area contributed by atoms with Gasteiger partial charge in [0.25, 0.3) is 0 Å². The van der Waals surface area contributed by atoms with Crippen LogP contribution in [0.3, 0.4) is 0 Å².